The van der Waals surface area contributed by atoms with Crippen LogP contribution in [0.15, 0.2) is 58.0 Å². The van der Waals surface area contributed by atoms with E-state index in [0.29, 0.717) is 10.8 Å². The molecule has 8 heteroatoms. The predicted octanol–water partition coefficient (Wildman–Crippen LogP) is 3.31. The Morgan fingerprint density at radius 1 is 1.24 bits per heavy atom. The maximum Gasteiger partial charge on any atom is 0.240 e. The molecule has 1 N–H and O–H groups in total. The predicted molar refractivity (Wildman–Crippen MR) is 95.2 cm³/mol. The van der Waals surface area contributed by atoms with Crippen molar-refractivity contribution in [2.45, 2.75) is 24.8 Å². The van der Waals surface area contributed by atoms with Crippen molar-refractivity contribution in [3.8, 4) is 0 Å². The summed E-state index contributed by atoms with van der Waals surface area (Å²) in [4.78, 5) is 0.117. The van der Waals surface area contributed by atoms with Gasteiger partial charge in [-0.1, -0.05) is 17.7 Å². The van der Waals surface area contributed by atoms with Gasteiger partial charge in [-0.05, 0) is 50.2 Å². The molecule has 3 aromatic rings. The van der Waals surface area contributed by atoms with Gasteiger partial charge < -0.3 is 4.42 Å². The number of hydrogen-bond donors (Lipinski definition) is 1. The highest BCUT2D eigenvalue weighted by molar-refractivity contribution is 7.89. The molecule has 1 unspecified atom stereocenters. The van der Waals surface area contributed by atoms with Crippen LogP contribution in [0, 0.1) is 13.8 Å². The highest BCUT2D eigenvalue weighted by Crippen LogP contribution is 2.22. The zero-order chi connectivity index (χ0) is 18.0. The van der Waals surface area contributed by atoms with Crippen molar-refractivity contribution < 1.29 is 12.8 Å². The monoisotopic (exact) mass is 379 g/mol. The van der Waals surface area contributed by atoms with Crippen LogP contribution in [0.2, 0.25) is 5.02 Å². The van der Waals surface area contributed by atoms with E-state index in [2.05, 4.69) is 9.82 Å². The molecule has 0 aliphatic heterocycles. The lowest BCUT2D eigenvalue weighted by Gasteiger charge is -2.18. The quantitative estimate of drug-likeness (QED) is 0.712. The largest absolute Gasteiger partial charge is 0.467 e. The first kappa shape index (κ1) is 17.7. The zero-order valence-corrected chi connectivity index (χ0v) is 15.4. The SMILES string of the molecule is Cc1cc(C)n(C(CNS(=O)(=O)c2cccc(Cl)c2)c2ccco2)n1. The second kappa shape index (κ2) is 7.03. The summed E-state index contributed by atoms with van der Waals surface area (Å²) in [7, 11) is -3.70. The normalized spacial score (nSPS) is 13.1. The van der Waals surface area contributed by atoms with Gasteiger partial charge in [-0.3, -0.25) is 4.68 Å². The van der Waals surface area contributed by atoms with Gasteiger partial charge in [0, 0.05) is 17.3 Å². The summed E-state index contributed by atoms with van der Waals surface area (Å²) in [5.41, 5.74) is 1.77. The average molecular weight is 380 g/mol. The molecule has 2 aromatic heterocycles. The van der Waals surface area contributed by atoms with Gasteiger partial charge in [0.2, 0.25) is 10.0 Å². The van der Waals surface area contributed by atoms with Crippen molar-refractivity contribution in [3.05, 3.63) is 70.9 Å². The minimum atomic E-state index is -3.70. The van der Waals surface area contributed by atoms with E-state index < -0.39 is 16.1 Å². The third-order valence-electron chi connectivity index (χ3n) is 3.78. The lowest BCUT2D eigenvalue weighted by Crippen LogP contribution is -2.32. The van der Waals surface area contributed by atoms with E-state index in [1.165, 1.54) is 12.1 Å². The zero-order valence-electron chi connectivity index (χ0n) is 13.8. The van der Waals surface area contributed by atoms with Crippen LogP contribution >= 0.6 is 11.6 Å². The summed E-state index contributed by atoms with van der Waals surface area (Å²) in [6.45, 7) is 3.91. The van der Waals surface area contributed by atoms with E-state index in [1.54, 1.807) is 35.2 Å². The van der Waals surface area contributed by atoms with Gasteiger partial charge in [-0.15, -0.1) is 0 Å². The Bertz CT molecular complexity index is 965. The summed E-state index contributed by atoms with van der Waals surface area (Å²) >= 11 is 5.89. The van der Waals surface area contributed by atoms with E-state index in [-0.39, 0.29) is 11.4 Å². The highest BCUT2D eigenvalue weighted by Gasteiger charge is 2.23. The van der Waals surface area contributed by atoms with E-state index in [4.69, 9.17) is 16.0 Å². The van der Waals surface area contributed by atoms with Gasteiger partial charge in [0.1, 0.15) is 11.8 Å². The lowest BCUT2D eigenvalue weighted by molar-refractivity contribution is 0.397. The molecule has 0 saturated heterocycles. The Labute approximate surface area is 151 Å². The number of sulfonamides is 1. The molecule has 0 radical (unpaired) electrons. The highest BCUT2D eigenvalue weighted by atomic mass is 35.5. The van der Waals surface area contributed by atoms with Crippen LogP contribution in [0.1, 0.15) is 23.2 Å². The van der Waals surface area contributed by atoms with Gasteiger partial charge in [-0.25, -0.2) is 13.1 Å². The van der Waals surface area contributed by atoms with Gasteiger partial charge in [-0.2, -0.15) is 5.10 Å². The van der Waals surface area contributed by atoms with Crippen molar-refractivity contribution in [1.29, 1.82) is 0 Å². The minimum absolute atomic E-state index is 0.102. The topological polar surface area (TPSA) is 77.1 Å². The molecule has 2 heterocycles. The van der Waals surface area contributed by atoms with Crippen LogP contribution in [0.4, 0.5) is 0 Å². The molecular formula is C17H18ClN3O3S. The third kappa shape index (κ3) is 3.95. The fourth-order valence-corrected chi connectivity index (χ4v) is 3.99. The van der Waals surface area contributed by atoms with Crippen LogP contribution in [0.5, 0.6) is 0 Å². The van der Waals surface area contributed by atoms with Gasteiger partial charge >= 0.3 is 0 Å². The van der Waals surface area contributed by atoms with Crippen molar-refractivity contribution >= 4 is 21.6 Å². The van der Waals surface area contributed by atoms with Crippen molar-refractivity contribution in [3.63, 3.8) is 0 Å². The fourth-order valence-electron chi connectivity index (χ4n) is 2.66. The molecule has 1 aromatic carbocycles. The molecule has 0 aliphatic carbocycles. The Morgan fingerprint density at radius 2 is 2.04 bits per heavy atom. The molecule has 6 nitrogen and oxygen atoms in total. The molecule has 0 spiro atoms. The number of furan rings is 1. The number of hydrogen-bond acceptors (Lipinski definition) is 4. The van der Waals surface area contributed by atoms with Crippen LogP contribution in [-0.2, 0) is 10.0 Å². The first-order chi connectivity index (χ1) is 11.9. The van der Waals surface area contributed by atoms with Crippen LogP contribution in [0.25, 0.3) is 0 Å². The summed E-state index contributed by atoms with van der Waals surface area (Å²) in [6, 6.07) is 11.2. The second-order valence-corrected chi connectivity index (χ2v) is 7.92. The maximum absolute atomic E-state index is 12.5. The molecule has 0 saturated carbocycles. The average Bonchev–Trinajstić information content (AvgIpc) is 3.18. The molecule has 3 rings (SSSR count). The molecule has 25 heavy (non-hydrogen) atoms. The van der Waals surface area contributed by atoms with Crippen LogP contribution in [-0.4, -0.2) is 24.7 Å². The summed E-state index contributed by atoms with van der Waals surface area (Å²) < 4.78 is 35.0. The second-order valence-electron chi connectivity index (χ2n) is 5.71. The number of nitrogens with zero attached hydrogens (tertiary/aromatic N) is 2. The lowest BCUT2D eigenvalue weighted by atomic mass is 10.2. The maximum atomic E-state index is 12.5. The Hall–Kier alpha value is -2.09. The van der Waals surface area contributed by atoms with Crippen LogP contribution < -0.4 is 4.72 Å². The summed E-state index contributed by atoms with van der Waals surface area (Å²) in [5.74, 6) is 0.625. The Morgan fingerprint density at radius 3 is 2.64 bits per heavy atom. The smallest absolute Gasteiger partial charge is 0.240 e. The van der Waals surface area contributed by atoms with Crippen molar-refractivity contribution in [2.24, 2.45) is 0 Å². The van der Waals surface area contributed by atoms with E-state index in [0.717, 1.165) is 11.4 Å². The number of rotatable bonds is 6. The van der Waals surface area contributed by atoms with Gasteiger partial charge in [0.05, 0.1) is 16.9 Å². The number of benzene rings is 1. The summed E-state index contributed by atoms with van der Waals surface area (Å²) in [6.07, 6.45) is 1.56. The molecule has 0 aliphatic rings. The van der Waals surface area contributed by atoms with E-state index in [9.17, 15) is 8.42 Å². The Balaban J connectivity index is 1.88. The number of halogens is 1. The molecule has 0 bridgehead atoms. The molecule has 132 valence electrons. The summed E-state index contributed by atoms with van der Waals surface area (Å²) in [5, 5.41) is 4.82. The van der Waals surface area contributed by atoms with Gasteiger partial charge in [0.15, 0.2) is 0 Å². The van der Waals surface area contributed by atoms with Crippen molar-refractivity contribution in [2.75, 3.05) is 6.54 Å². The van der Waals surface area contributed by atoms with E-state index in [1.807, 2.05) is 19.9 Å². The molecular weight excluding hydrogens is 362 g/mol. The number of nitrogens with one attached hydrogen (secondary N) is 1. The van der Waals surface area contributed by atoms with Gasteiger partial charge in [0.25, 0.3) is 0 Å². The molecule has 1 atom stereocenters. The Kier molecular flexibility index (Phi) is 4.99. The number of aryl methyl sites for hydroxylation is 2. The minimum Gasteiger partial charge on any atom is -0.467 e. The first-order valence-electron chi connectivity index (χ1n) is 7.68. The number of aromatic nitrogens is 2. The standard InChI is InChI=1S/C17H18ClN3O3S/c1-12-9-13(2)21(20-12)16(17-7-4-8-24-17)11-19-25(22,23)15-6-3-5-14(18)10-15/h3-10,16,19H,11H2,1-2H3. The molecule has 0 fully saturated rings. The fraction of sp³-hybridized carbons (Fsp3) is 0.235. The van der Waals surface area contributed by atoms with Crippen LogP contribution in [0.3, 0.4) is 0 Å². The van der Waals surface area contributed by atoms with Crippen molar-refractivity contribution in [1.82, 2.24) is 14.5 Å². The first-order valence-corrected chi connectivity index (χ1v) is 9.54. The molecule has 0 amide bonds. The third-order valence-corrected chi connectivity index (χ3v) is 5.44. The van der Waals surface area contributed by atoms with E-state index >= 15 is 0 Å².